The molecule has 0 aliphatic heterocycles. The van der Waals surface area contributed by atoms with Crippen LogP contribution in [0.5, 0.6) is 0 Å². The van der Waals surface area contributed by atoms with Gasteiger partial charge >= 0.3 is 5.97 Å². The molecule has 1 heterocycles. The van der Waals surface area contributed by atoms with Crippen LogP contribution in [-0.2, 0) is 0 Å². The van der Waals surface area contributed by atoms with E-state index < -0.39 is 12.6 Å². The van der Waals surface area contributed by atoms with E-state index in [0.717, 1.165) is 6.26 Å². The van der Waals surface area contributed by atoms with Crippen molar-refractivity contribution in [3.05, 3.63) is 12.0 Å². The molecule has 0 aliphatic rings. The van der Waals surface area contributed by atoms with Crippen molar-refractivity contribution >= 4 is 12.0 Å². The zero-order chi connectivity index (χ0) is 9.68. The van der Waals surface area contributed by atoms with E-state index in [4.69, 9.17) is 9.52 Å². The van der Waals surface area contributed by atoms with Crippen LogP contribution in [0, 0.1) is 0 Å². The molecule has 0 saturated carbocycles. The Morgan fingerprint density at radius 1 is 1.77 bits per heavy atom. The summed E-state index contributed by atoms with van der Waals surface area (Å²) < 4.78 is 16.4. The van der Waals surface area contributed by atoms with Gasteiger partial charge in [-0.2, -0.15) is 4.98 Å². The molecular formula is C7H9FN2O3. The highest BCUT2D eigenvalue weighted by atomic mass is 19.1. The van der Waals surface area contributed by atoms with Crippen molar-refractivity contribution in [1.29, 1.82) is 0 Å². The normalized spacial score (nSPS) is 9.92. The minimum absolute atomic E-state index is 0.103. The van der Waals surface area contributed by atoms with Crippen molar-refractivity contribution < 1.29 is 18.7 Å². The summed E-state index contributed by atoms with van der Waals surface area (Å²) in [6, 6.07) is 0.103. The first-order valence-electron chi connectivity index (χ1n) is 3.72. The van der Waals surface area contributed by atoms with Gasteiger partial charge in [-0.1, -0.05) is 0 Å². The van der Waals surface area contributed by atoms with Gasteiger partial charge in [0.15, 0.2) is 5.69 Å². The van der Waals surface area contributed by atoms with Crippen LogP contribution in [0.25, 0.3) is 0 Å². The molecule has 0 spiro atoms. The van der Waals surface area contributed by atoms with Crippen LogP contribution in [0.15, 0.2) is 10.7 Å². The molecule has 0 bridgehead atoms. The number of rotatable bonds is 5. The van der Waals surface area contributed by atoms with E-state index in [-0.39, 0.29) is 11.7 Å². The number of aromatic nitrogens is 1. The minimum atomic E-state index is -1.15. The molecule has 0 radical (unpaired) electrons. The number of oxazole rings is 1. The van der Waals surface area contributed by atoms with Crippen molar-refractivity contribution in [1.82, 2.24) is 4.98 Å². The van der Waals surface area contributed by atoms with Crippen LogP contribution in [0.2, 0.25) is 0 Å². The molecule has 1 rings (SSSR count). The molecule has 0 atom stereocenters. The molecule has 5 nitrogen and oxygen atoms in total. The van der Waals surface area contributed by atoms with Crippen LogP contribution in [0.1, 0.15) is 16.9 Å². The fourth-order valence-electron chi connectivity index (χ4n) is 0.715. The van der Waals surface area contributed by atoms with Gasteiger partial charge < -0.3 is 14.8 Å². The van der Waals surface area contributed by atoms with E-state index in [1.807, 2.05) is 0 Å². The molecule has 13 heavy (non-hydrogen) atoms. The Morgan fingerprint density at radius 2 is 2.54 bits per heavy atom. The predicted octanol–water partition coefficient (Wildman–Crippen LogP) is 1.14. The molecule has 2 N–H and O–H groups in total. The Hall–Kier alpha value is -1.59. The van der Waals surface area contributed by atoms with Crippen LogP contribution < -0.4 is 5.32 Å². The first-order valence-corrected chi connectivity index (χ1v) is 3.72. The molecule has 1 aromatic rings. The largest absolute Gasteiger partial charge is 0.476 e. The maximum Gasteiger partial charge on any atom is 0.357 e. The number of aromatic carboxylic acids is 1. The van der Waals surface area contributed by atoms with Crippen molar-refractivity contribution in [3.63, 3.8) is 0 Å². The average molecular weight is 188 g/mol. The number of carboxylic acids is 1. The lowest BCUT2D eigenvalue weighted by Gasteiger charge is -1.96. The van der Waals surface area contributed by atoms with Crippen molar-refractivity contribution in [2.45, 2.75) is 6.42 Å². The molecule has 0 unspecified atom stereocenters. The monoisotopic (exact) mass is 188 g/mol. The molecule has 0 aliphatic carbocycles. The summed E-state index contributed by atoms with van der Waals surface area (Å²) in [5, 5.41) is 11.1. The number of carboxylic acid groups (broad SMARTS) is 1. The molecule has 6 heteroatoms. The fourth-order valence-corrected chi connectivity index (χ4v) is 0.715. The lowest BCUT2D eigenvalue weighted by atomic mass is 10.5. The summed E-state index contributed by atoms with van der Waals surface area (Å²) in [6.45, 7) is -0.0600. The van der Waals surface area contributed by atoms with E-state index in [1.165, 1.54) is 0 Å². The highest BCUT2D eigenvalue weighted by Gasteiger charge is 2.09. The Labute approximate surface area is 73.6 Å². The third-order valence-electron chi connectivity index (χ3n) is 1.31. The quantitative estimate of drug-likeness (QED) is 0.678. The molecule has 0 fully saturated rings. The minimum Gasteiger partial charge on any atom is -0.476 e. The summed E-state index contributed by atoms with van der Waals surface area (Å²) in [7, 11) is 0. The second-order valence-electron chi connectivity index (χ2n) is 2.31. The maximum atomic E-state index is 11.6. The standard InChI is InChI=1S/C7H9FN2O3/c8-2-1-3-9-7-10-5(4-13-7)6(11)12/h4H,1-3H2,(H,9,10)(H,11,12). The van der Waals surface area contributed by atoms with Gasteiger partial charge in [-0.3, -0.25) is 4.39 Å². The van der Waals surface area contributed by atoms with Gasteiger partial charge in [0.25, 0.3) is 6.01 Å². The van der Waals surface area contributed by atoms with Gasteiger partial charge in [-0.25, -0.2) is 4.79 Å². The number of hydrogen-bond acceptors (Lipinski definition) is 4. The number of halogens is 1. The summed E-state index contributed by atoms with van der Waals surface area (Å²) >= 11 is 0. The second kappa shape index (κ2) is 4.44. The Kier molecular flexibility index (Phi) is 3.24. The lowest BCUT2D eigenvalue weighted by molar-refractivity contribution is 0.0690. The van der Waals surface area contributed by atoms with Crippen LogP contribution in [-0.4, -0.2) is 29.3 Å². The summed E-state index contributed by atoms with van der Waals surface area (Å²) in [5.41, 5.74) is -0.164. The number of alkyl halides is 1. The number of hydrogen-bond donors (Lipinski definition) is 2. The Morgan fingerprint density at radius 3 is 3.08 bits per heavy atom. The lowest BCUT2D eigenvalue weighted by Crippen LogP contribution is -2.03. The average Bonchev–Trinajstić information content (AvgIpc) is 2.53. The van der Waals surface area contributed by atoms with Crippen LogP contribution in [0.3, 0.4) is 0 Å². The maximum absolute atomic E-state index is 11.6. The van der Waals surface area contributed by atoms with Crippen molar-refractivity contribution in [2.75, 3.05) is 18.5 Å². The highest BCUT2D eigenvalue weighted by molar-refractivity contribution is 5.85. The first kappa shape index (κ1) is 9.50. The number of nitrogens with zero attached hydrogens (tertiary/aromatic N) is 1. The van der Waals surface area contributed by atoms with E-state index in [9.17, 15) is 9.18 Å². The van der Waals surface area contributed by atoms with E-state index in [0.29, 0.717) is 13.0 Å². The zero-order valence-electron chi connectivity index (χ0n) is 6.79. The summed E-state index contributed by atoms with van der Waals surface area (Å²) in [5.74, 6) is -1.15. The molecule has 0 amide bonds. The Bertz CT molecular complexity index is 287. The SMILES string of the molecule is O=C(O)c1coc(NCCCF)n1. The topological polar surface area (TPSA) is 75.4 Å². The van der Waals surface area contributed by atoms with Crippen molar-refractivity contribution in [2.24, 2.45) is 0 Å². The van der Waals surface area contributed by atoms with Gasteiger partial charge in [-0.05, 0) is 6.42 Å². The molecule has 0 saturated heterocycles. The predicted molar refractivity (Wildman–Crippen MR) is 42.5 cm³/mol. The molecule has 0 aromatic carbocycles. The molecule has 72 valence electrons. The zero-order valence-corrected chi connectivity index (χ0v) is 6.79. The van der Waals surface area contributed by atoms with E-state index >= 15 is 0 Å². The molecular weight excluding hydrogens is 179 g/mol. The van der Waals surface area contributed by atoms with Crippen LogP contribution >= 0.6 is 0 Å². The third kappa shape index (κ3) is 2.73. The summed E-state index contributed by atoms with van der Waals surface area (Å²) in [6.07, 6.45) is 1.37. The third-order valence-corrected chi connectivity index (χ3v) is 1.31. The Balaban J connectivity index is 2.44. The van der Waals surface area contributed by atoms with Gasteiger partial charge in [0.2, 0.25) is 0 Å². The first-order chi connectivity index (χ1) is 6.24. The smallest absolute Gasteiger partial charge is 0.357 e. The van der Waals surface area contributed by atoms with Crippen molar-refractivity contribution in [3.8, 4) is 0 Å². The van der Waals surface area contributed by atoms with E-state index in [2.05, 4.69) is 10.3 Å². The number of anilines is 1. The van der Waals surface area contributed by atoms with E-state index in [1.54, 1.807) is 0 Å². The fraction of sp³-hybridized carbons (Fsp3) is 0.429. The van der Waals surface area contributed by atoms with Gasteiger partial charge in [0.1, 0.15) is 6.26 Å². The van der Waals surface area contributed by atoms with Gasteiger partial charge in [0.05, 0.1) is 6.67 Å². The summed E-state index contributed by atoms with van der Waals surface area (Å²) in [4.78, 5) is 13.9. The van der Waals surface area contributed by atoms with Crippen LogP contribution in [0.4, 0.5) is 10.4 Å². The second-order valence-corrected chi connectivity index (χ2v) is 2.31. The highest BCUT2D eigenvalue weighted by Crippen LogP contribution is 2.06. The van der Waals surface area contributed by atoms with Gasteiger partial charge in [-0.15, -0.1) is 0 Å². The molecule has 1 aromatic heterocycles. The number of nitrogens with one attached hydrogen (secondary N) is 1. The number of carbonyl (C=O) groups is 1. The van der Waals surface area contributed by atoms with Gasteiger partial charge in [0, 0.05) is 6.54 Å².